The molecule has 9 heteroatoms. The lowest BCUT2D eigenvalue weighted by Crippen LogP contribution is -2.13. The van der Waals surface area contributed by atoms with Crippen LogP contribution < -0.4 is 10.1 Å². The average Bonchev–Trinajstić information content (AvgIpc) is 2.89. The third kappa shape index (κ3) is 2.31. The highest BCUT2D eigenvalue weighted by Gasteiger charge is 2.11. The Bertz CT molecular complexity index is 467. The number of amides is 1. The van der Waals surface area contributed by atoms with Gasteiger partial charge in [-0.2, -0.15) is 13.7 Å². The molecule has 8 nitrogen and oxygen atoms in total. The van der Waals surface area contributed by atoms with Gasteiger partial charge in [0.2, 0.25) is 5.95 Å². The number of nitrogens with one attached hydrogen (secondary N) is 2. The number of H-pyrrole nitrogens is 1. The van der Waals surface area contributed by atoms with Gasteiger partial charge in [-0.3, -0.25) is 10.1 Å². The van der Waals surface area contributed by atoms with Gasteiger partial charge in [0.1, 0.15) is 0 Å². The van der Waals surface area contributed by atoms with Crippen molar-refractivity contribution in [1.82, 2.24) is 23.9 Å². The van der Waals surface area contributed by atoms with Gasteiger partial charge >= 0.3 is 6.01 Å². The molecule has 0 unspecified atom stereocenters. The highest BCUT2D eigenvalue weighted by Crippen LogP contribution is 2.06. The predicted molar refractivity (Wildman–Crippen MR) is 55.4 cm³/mol. The zero-order valence-corrected chi connectivity index (χ0v) is 9.11. The van der Waals surface area contributed by atoms with Gasteiger partial charge in [-0.05, 0) is 6.92 Å². The molecule has 0 fully saturated rings. The summed E-state index contributed by atoms with van der Waals surface area (Å²) >= 11 is 0.960. The Morgan fingerprint density at radius 1 is 1.69 bits per heavy atom. The summed E-state index contributed by atoms with van der Waals surface area (Å²) in [5, 5.41) is 8.73. The van der Waals surface area contributed by atoms with Crippen LogP contribution in [0.2, 0.25) is 0 Å². The Kier molecular flexibility index (Phi) is 3.05. The van der Waals surface area contributed by atoms with Crippen LogP contribution >= 0.6 is 11.7 Å². The van der Waals surface area contributed by atoms with Crippen LogP contribution in [-0.2, 0) is 0 Å². The molecule has 0 saturated heterocycles. The normalized spacial score (nSPS) is 10.1. The fraction of sp³-hybridized carbons (Fsp3) is 0.286. The number of ether oxygens (including phenoxy) is 1. The fourth-order valence-electron chi connectivity index (χ4n) is 0.932. The number of carbonyl (C=O) groups is 1. The summed E-state index contributed by atoms with van der Waals surface area (Å²) < 4.78 is 12.5. The van der Waals surface area contributed by atoms with E-state index in [1.165, 1.54) is 6.20 Å². The van der Waals surface area contributed by atoms with Crippen molar-refractivity contribution >= 4 is 23.6 Å². The first-order valence-corrected chi connectivity index (χ1v) is 5.16. The summed E-state index contributed by atoms with van der Waals surface area (Å²) in [5.41, 5.74) is 0.236. The number of hydrogen-bond acceptors (Lipinski definition) is 7. The Balaban J connectivity index is 2.01. The van der Waals surface area contributed by atoms with Crippen molar-refractivity contribution in [2.75, 3.05) is 11.9 Å². The van der Waals surface area contributed by atoms with Crippen LogP contribution in [0.3, 0.4) is 0 Å². The zero-order chi connectivity index (χ0) is 11.4. The second-order valence-corrected chi connectivity index (χ2v) is 3.20. The van der Waals surface area contributed by atoms with Crippen molar-refractivity contribution < 1.29 is 9.53 Å². The molecule has 2 aromatic rings. The van der Waals surface area contributed by atoms with Gasteiger partial charge in [-0.1, -0.05) is 0 Å². The molecule has 0 atom stereocenters. The van der Waals surface area contributed by atoms with Gasteiger partial charge in [-0.15, -0.1) is 5.10 Å². The molecule has 2 rings (SSSR count). The first-order valence-electron chi connectivity index (χ1n) is 4.43. The molecule has 2 N–H and O–H groups in total. The maximum Gasteiger partial charge on any atom is 0.337 e. The minimum Gasteiger partial charge on any atom is -0.463 e. The van der Waals surface area contributed by atoms with E-state index >= 15 is 0 Å². The lowest BCUT2D eigenvalue weighted by atomic mass is 10.4. The number of hydrogen-bond donors (Lipinski definition) is 2. The summed E-state index contributed by atoms with van der Waals surface area (Å²) in [6, 6.07) is 0.189. The smallest absolute Gasteiger partial charge is 0.337 e. The number of nitrogens with zero attached hydrogens (tertiary/aromatic N) is 4. The highest BCUT2D eigenvalue weighted by molar-refractivity contribution is 6.99. The van der Waals surface area contributed by atoms with E-state index in [1.807, 2.05) is 6.92 Å². The molecule has 0 saturated carbocycles. The standard InChI is InChI=1S/C7H8N6O2S/c1-2-15-7-10-6(11-12-7)9-5(14)4-3-8-16-13-4/h3H,2H2,1H3,(H2,9,10,11,12,14). The van der Waals surface area contributed by atoms with E-state index in [0.717, 1.165) is 11.7 Å². The molecule has 0 aliphatic rings. The third-order valence-electron chi connectivity index (χ3n) is 1.56. The van der Waals surface area contributed by atoms with Crippen LogP contribution in [0.15, 0.2) is 6.20 Å². The van der Waals surface area contributed by atoms with E-state index in [9.17, 15) is 4.79 Å². The average molecular weight is 240 g/mol. The van der Waals surface area contributed by atoms with Crippen molar-refractivity contribution in [3.63, 3.8) is 0 Å². The Labute approximate surface area is 94.4 Å². The van der Waals surface area contributed by atoms with E-state index in [2.05, 4.69) is 29.2 Å². The molecule has 16 heavy (non-hydrogen) atoms. The minimum absolute atomic E-state index is 0.189. The van der Waals surface area contributed by atoms with Crippen molar-refractivity contribution in [3.05, 3.63) is 11.9 Å². The molecule has 0 aliphatic carbocycles. The summed E-state index contributed by atoms with van der Waals surface area (Å²) in [6.07, 6.45) is 1.37. The van der Waals surface area contributed by atoms with Crippen LogP contribution in [-0.4, -0.2) is 36.4 Å². The molecular formula is C7H8N6O2S. The zero-order valence-electron chi connectivity index (χ0n) is 8.30. The molecule has 0 spiro atoms. The van der Waals surface area contributed by atoms with Crippen molar-refractivity contribution in [3.8, 4) is 6.01 Å². The molecule has 2 aromatic heterocycles. The SMILES string of the molecule is CCOc1n[nH]c(NC(=O)c2cnsn2)n1. The molecule has 0 aromatic carbocycles. The Morgan fingerprint density at radius 3 is 3.25 bits per heavy atom. The van der Waals surface area contributed by atoms with Crippen molar-refractivity contribution in [2.45, 2.75) is 6.92 Å². The van der Waals surface area contributed by atoms with Crippen molar-refractivity contribution in [2.24, 2.45) is 0 Å². The van der Waals surface area contributed by atoms with E-state index in [4.69, 9.17) is 4.74 Å². The summed E-state index contributed by atoms with van der Waals surface area (Å²) in [6.45, 7) is 2.27. The first kappa shape index (κ1) is 10.5. The maximum absolute atomic E-state index is 11.5. The number of rotatable bonds is 4. The second kappa shape index (κ2) is 4.66. The third-order valence-corrected chi connectivity index (χ3v) is 2.04. The molecule has 0 aliphatic heterocycles. The maximum atomic E-state index is 11.5. The number of aromatic nitrogens is 5. The lowest BCUT2D eigenvalue weighted by molar-refractivity contribution is 0.102. The number of aromatic amines is 1. The number of carbonyl (C=O) groups excluding carboxylic acids is 1. The molecule has 0 radical (unpaired) electrons. The van der Waals surface area contributed by atoms with E-state index < -0.39 is 5.91 Å². The molecule has 0 bridgehead atoms. The minimum atomic E-state index is -0.395. The molecule has 2 heterocycles. The lowest BCUT2D eigenvalue weighted by Gasteiger charge is -1.95. The summed E-state index contributed by atoms with van der Waals surface area (Å²) in [4.78, 5) is 15.4. The molecular weight excluding hydrogens is 232 g/mol. The topological polar surface area (TPSA) is 106 Å². The van der Waals surface area contributed by atoms with E-state index in [0.29, 0.717) is 6.61 Å². The van der Waals surface area contributed by atoms with Gasteiger partial charge in [0.15, 0.2) is 5.69 Å². The number of anilines is 1. The van der Waals surface area contributed by atoms with Crippen LogP contribution in [0, 0.1) is 0 Å². The van der Waals surface area contributed by atoms with Gasteiger partial charge in [0, 0.05) is 0 Å². The summed E-state index contributed by atoms with van der Waals surface area (Å²) in [5.74, 6) is -0.186. The quantitative estimate of drug-likeness (QED) is 0.796. The van der Waals surface area contributed by atoms with Gasteiger partial charge in [0.25, 0.3) is 5.91 Å². The summed E-state index contributed by atoms with van der Waals surface area (Å²) in [7, 11) is 0. The largest absolute Gasteiger partial charge is 0.463 e. The van der Waals surface area contributed by atoms with Gasteiger partial charge in [-0.25, -0.2) is 5.10 Å². The fourth-order valence-corrected chi connectivity index (χ4v) is 1.34. The Hall–Kier alpha value is -2.03. The van der Waals surface area contributed by atoms with E-state index in [1.54, 1.807) is 0 Å². The predicted octanol–water partition coefficient (Wildman–Crippen LogP) is 0.307. The molecule has 1 amide bonds. The van der Waals surface area contributed by atoms with E-state index in [-0.39, 0.29) is 17.7 Å². The van der Waals surface area contributed by atoms with Gasteiger partial charge < -0.3 is 4.74 Å². The Morgan fingerprint density at radius 2 is 2.56 bits per heavy atom. The van der Waals surface area contributed by atoms with Crippen LogP contribution in [0.1, 0.15) is 17.4 Å². The van der Waals surface area contributed by atoms with Crippen molar-refractivity contribution in [1.29, 1.82) is 0 Å². The van der Waals surface area contributed by atoms with Crippen LogP contribution in [0.25, 0.3) is 0 Å². The molecule has 84 valence electrons. The van der Waals surface area contributed by atoms with Crippen LogP contribution in [0.5, 0.6) is 6.01 Å². The highest BCUT2D eigenvalue weighted by atomic mass is 32.1. The second-order valence-electron chi connectivity index (χ2n) is 2.65. The van der Waals surface area contributed by atoms with Gasteiger partial charge in [0.05, 0.1) is 24.5 Å². The monoisotopic (exact) mass is 240 g/mol. The first-order chi connectivity index (χ1) is 7.79. The van der Waals surface area contributed by atoms with Crippen LogP contribution in [0.4, 0.5) is 5.95 Å².